The van der Waals surface area contributed by atoms with Crippen molar-refractivity contribution in [3.05, 3.63) is 35.4 Å². The van der Waals surface area contributed by atoms with E-state index in [2.05, 4.69) is 10.6 Å². The number of halogens is 2. The minimum Gasteiger partial charge on any atom is -0.385 e. The summed E-state index contributed by atoms with van der Waals surface area (Å²) in [5.74, 6) is -2.82. The maximum Gasteiger partial charge on any atom is 0.246 e. The maximum atomic E-state index is 13.5. The Kier molecular flexibility index (Phi) is 5.88. The summed E-state index contributed by atoms with van der Waals surface area (Å²) in [6.45, 7) is 0.448. The summed E-state index contributed by atoms with van der Waals surface area (Å²) < 4.78 is 31.7. The lowest BCUT2D eigenvalue weighted by Gasteiger charge is -2.41. The van der Waals surface area contributed by atoms with Gasteiger partial charge in [0.1, 0.15) is 6.04 Å². The first kappa shape index (κ1) is 18.3. The van der Waals surface area contributed by atoms with Crippen molar-refractivity contribution in [2.75, 3.05) is 20.8 Å². The average Bonchev–Trinajstić information content (AvgIpc) is 2.53. The highest BCUT2D eigenvalue weighted by atomic mass is 19.2. The number of carbonyl (C=O) groups is 2. The van der Waals surface area contributed by atoms with Crippen LogP contribution in [0.15, 0.2) is 18.2 Å². The molecule has 0 aromatic heterocycles. The maximum absolute atomic E-state index is 13.5. The highest BCUT2D eigenvalue weighted by Crippen LogP contribution is 2.44. The molecule has 0 spiro atoms. The Morgan fingerprint density at radius 1 is 1.29 bits per heavy atom. The predicted octanol–water partition coefficient (Wildman–Crippen LogP) is 2.07. The zero-order valence-electron chi connectivity index (χ0n) is 13.8. The van der Waals surface area contributed by atoms with Crippen LogP contribution in [0.4, 0.5) is 8.78 Å². The number of hydrogen-bond acceptors (Lipinski definition) is 3. The molecule has 0 bridgehead atoms. The molecule has 24 heavy (non-hydrogen) atoms. The molecule has 1 saturated carbocycles. The first-order valence-corrected chi connectivity index (χ1v) is 7.90. The van der Waals surface area contributed by atoms with Gasteiger partial charge in [-0.3, -0.25) is 9.59 Å². The molecule has 1 fully saturated rings. The van der Waals surface area contributed by atoms with Crippen LogP contribution in [-0.2, 0) is 14.3 Å². The molecule has 7 heteroatoms. The van der Waals surface area contributed by atoms with Crippen LogP contribution in [0.25, 0.3) is 0 Å². The van der Waals surface area contributed by atoms with Crippen molar-refractivity contribution in [3.8, 4) is 0 Å². The number of ether oxygens (including phenoxy) is 1. The van der Waals surface area contributed by atoms with E-state index < -0.39 is 29.0 Å². The fourth-order valence-corrected chi connectivity index (χ4v) is 2.91. The van der Waals surface area contributed by atoms with Crippen molar-refractivity contribution >= 4 is 11.8 Å². The number of nitrogens with one attached hydrogen (secondary N) is 2. The number of rotatable bonds is 7. The smallest absolute Gasteiger partial charge is 0.246 e. The third kappa shape index (κ3) is 3.72. The van der Waals surface area contributed by atoms with Gasteiger partial charge >= 0.3 is 0 Å². The van der Waals surface area contributed by atoms with Gasteiger partial charge in [-0.05, 0) is 37.0 Å². The molecule has 0 aliphatic heterocycles. The molecule has 1 aromatic carbocycles. The Bertz CT molecular complexity index is 618. The van der Waals surface area contributed by atoms with E-state index in [4.69, 9.17) is 4.74 Å². The monoisotopic (exact) mass is 340 g/mol. The van der Waals surface area contributed by atoms with Gasteiger partial charge in [-0.2, -0.15) is 0 Å². The largest absolute Gasteiger partial charge is 0.385 e. The molecular weight excluding hydrogens is 318 g/mol. The fraction of sp³-hybridized carbons (Fsp3) is 0.529. The van der Waals surface area contributed by atoms with Gasteiger partial charge in [-0.1, -0.05) is 12.5 Å². The first-order chi connectivity index (χ1) is 11.4. The Morgan fingerprint density at radius 2 is 2.00 bits per heavy atom. The molecule has 1 aromatic rings. The van der Waals surface area contributed by atoms with Crippen molar-refractivity contribution < 1.29 is 23.1 Å². The molecule has 0 radical (unpaired) electrons. The van der Waals surface area contributed by atoms with Gasteiger partial charge in [0.15, 0.2) is 11.6 Å². The number of hydrogen-bond donors (Lipinski definition) is 2. The van der Waals surface area contributed by atoms with E-state index in [1.807, 2.05) is 0 Å². The molecule has 1 aliphatic rings. The summed E-state index contributed by atoms with van der Waals surface area (Å²) in [7, 11) is 2.99. The van der Waals surface area contributed by atoms with Crippen molar-refractivity contribution in [3.63, 3.8) is 0 Å². The summed E-state index contributed by atoms with van der Waals surface area (Å²) >= 11 is 0. The van der Waals surface area contributed by atoms with E-state index in [0.717, 1.165) is 31.4 Å². The van der Waals surface area contributed by atoms with Gasteiger partial charge < -0.3 is 15.4 Å². The van der Waals surface area contributed by atoms with Crippen LogP contribution in [0.5, 0.6) is 0 Å². The van der Waals surface area contributed by atoms with Gasteiger partial charge in [0.25, 0.3) is 0 Å². The third-order valence-electron chi connectivity index (χ3n) is 4.64. The molecule has 132 valence electrons. The highest BCUT2D eigenvalue weighted by Gasteiger charge is 2.44. The normalized spacial score (nSPS) is 16.8. The number of methoxy groups -OCH3 is 1. The minimum atomic E-state index is -1.07. The number of likely N-dealkylation sites (N-methyl/N-ethyl adjacent to an activating group) is 1. The SMILES string of the molecule is CNC(=O)[C@@H](NC(=O)C1(CCOC)CCC1)c1ccc(F)c(F)c1. The van der Waals surface area contributed by atoms with E-state index in [1.165, 1.54) is 13.1 Å². The summed E-state index contributed by atoms with van der Waals surface area (Å²) in [4.78, 5) is 24.8. The summed E-state index contributed by atoms with van der Waals surface area (Å²) in [6, 6.07) is 2.09. The Hall–Kier alpha value is -2.02. The van der Waals surface area contributed by atoms with Crippen LogP contribution in [0.2, 0.25) is 0 Å². The second kappa shape index (κ2) is 7.70. The lowest BCUT2D eigenvalue weighted by Crippen LogP contribution is -2.50. The van der Waals surface area contributed by atoms with E-state index in [1.54, 1.807) is 7.11 Å². The molecule has 1 aliphatic carbocycles. The second-order valence-corrected chi connectivity index (χ2v) is 6.07. The Labute approximate surface area is 139 Å². The van der Waals surface area contributed by atoms with Gasteiger partial charge in [-0.15, -0.1) is 0 Å². The van der Waals surface area contributed by atoms with Crippen LogP contribution < -0.4 is 10.6 Å². The average molecular weight is 340 g/mol. The lowest BCUT2D eigenvalue weighted by atomic mass is 9.66. The van der Waals surface area contributed by atoms with Crippen LogP contribution in [0, 0.1) is 17.0 Å². The van der Waals surface area contributed by atoms with Crippen molar-refractivity contribution in [1.29, 1.82) is 0 Å². The van der Waals surface area contributed by atoms with Crippen LogP contribution in [0.1, 0.15) is 37.3 Å². The van der Waals surface area contributed by atoms with Crippen molar-refractivity contribution in [1.82, 2.24) is 10.6 Å². The molecule has 0 unspecified atom stereocenters. The molecule has 1 atom stereocenters. The first-order valence-electron chi connectivity index (χ1n) is 7.90. The quantitative estimate of drug-likeness (QED) is 0.799. The number of benzene rings is 1. The highest BCUT2D eigenvalue weighted by molar-refractivity contribution is 5.91. The zero-order chi connectivity index (χ0) is 17.7. The molecule has 0 heterocycles. The van der Waals surface area contributed by atoms with Gasteiger partial charge in [0.2, 0.25) is 11.8 Å². The molecule has 2 rings (SSSR count). The van der Waals surface area contributed by atoms with Crippen molar-refractivity contribution in [2.24, 2.45) is 5.41 Å². The van der Waals surface area contributed by atoms with Gasteiger partial charge in [0.05, 0.1) is 5.41 Å². The standard InChI is InChI=1S/C17H22F2N2O3/c1-20-15(22)14(11-4-5-12(18)13(19)10-11)21-16(23)17(6-3-7-17)8-9-24-2/h4-5,10,14H,3,6-9H2,1-2H3,(H,20,22)(H,21,23)/t14-/m0/s1. The van der Waals surface area contributed by atoms with Crippen molar-refractivity contribution in [2.45, 2.75) is 31.7 Å². The van der Waals surface area contributed by atoms with E-state index >= 15 is 0 Å². The fourth-order valence-electron chi connectivity index (χ4n) is 2.91. The second-order valence-electron chi connectivity index (χ2n) is 6.07. The molecule has 0 saturated heterocycles. The Balaban J connectivity index is 2.21. The predicted molar refractivity (Wildman–Crippen MR) is 84.1 cm³/mol. The van der Waals surface area contributed by atoms with Gasteiger partial charge in [-0.25, -0.2) is 8.78 Å². The minimum absolute atomic E-state index is 0.197. The Morgan fingerprint density at radius 3 is 2.50 bits per heavy atom. The summed E-state index contributed by atoms with van der Waals surface area (Å²) in [6.07, 6.45) is 2.95. The zero-order valence-corrected chi connectivity index (χ0v) is 13.8. The lowest BCUT2D eigenvalue weighted by molar-refractivity contribution is -0.140. The summed E-state index contributed by atoms with van der Waals surface area (Å²) in [5.41, 5.74) is -0.358. The molecule has 2 N–H and O–H groups in total. The van der Waals surface area contributed by atoms with E-state index in [-0.39, 0.29) is 11.5 Å². The van der Waals surface area contributed by atoms with Gasteiger partial charge in [0, 0.05) is 20.8 Å². The number of amides is 2. The number of carbonyl (C=O) groups excluding carboxylic acids is 2. The van der Waals surface area contributed by atoms with E-state index in [0.29, 0.717) is 13.0 Å². The van der Waals surface area contributed by atoms with Crippen LogP contribution >= 0.6 is 0 Å². The van der Waals surface area contributed by atoms with Crippen LogP contribution in [-0.4, -0.2) is 32.6 Å². The van der Waals surface area contributed by atoms with E-state index in [9.17, 15) is 18.4 Å². The van der Waals surface area contributed by atoms with Crippen LogP contribution in [0.3, 0.4) is 0 Å². The molecule has 2 amide bonds. The third-order valence-corrected chi connectivity index (χ3v) is 4.64. The molecule has 5 nitrogen and oxygen atoms in total. The summed E-state index contributed by atoms with van der Waals surface area (Å²) in [5, 5.41) is 5.13. The molecular formula is C17H22F2N2O3. The topological polar surface area (TPSA) is 67.4 Å².